The number of piperidine rings is 1. The van der Waals surface area contributed by atoms with Crippen LogP contribution in [0.25, 0.3) is 0 Å². The number of aromatic nitrogens is 2. The zero-order chi connectivity index (χ0) is 18.7. The molecule has 1 aliphatic rings. The third kappa shape index (κ3) is 4.01. The smallest absolute Gasteiger partial charge is 0.248 e. The van der Waals surface area contributed by atoms with E-state index in [9.17, 15) is 9.59 Å². The van der Waals surface area contributed by atoms with Gasteiger partial charge in [0.1, 0.15) is 10.3 Å². The second-order valence-electron chi connectivity index (χ2n) is 6.28. The van der Waals surface area contributed by atoms with E-state index in [2.05, 4.69) is 30.8 Å². The highest BCUT2D eigenvalue weighted by molar-refractivity contribution is 9.10. The van der Waals surface area contributed by atoms with Crippen LogP contribution in [0.1, 0.15) is 45.7 Å². The average Bonchev–Trinajstić information content (AvgIpc) is 2.64. The molecule has 1 saturated heterocycles. The minimum Gasteiger partial charge on any atom is -0.382 e. The number of amides is 1. The first-order valence-electron chi connectivity index (χ1n) is 8.44. The van der Waals surface area contributed by atoms with Crippen LogP contribution < -0.4 is 16.4 Å². The summed E-state index contributed by atoms with van der Waals surface area (Å²) in [6.07, 6.45) is 4.93. The normalized spacial score (nSPS) is 14.3. The number of hydrogen-bond donors (Lipinski definition) is 2. The number of halogens is 1. The number of primary amides is 1. The topological polar surface area (TPSA) is 115 Å². The van der Waals surface area contributed by atoms with Gasteiger partial charge in [-0.15, -0.1) is 0 Å². The fourth-order valence-corrected chi connectivity index (χ4v) is 3.44. The first-order valence-corrected chi connectivity index (χ1v) is 9.24. The molecule has 2 aromatic rings. The van der Waals surface area contributed by atoms with Crippen LogP contribution in [-0.4, -0.2) is 34.7 Å². The van der Waals surface area contributed by atoms with Crippen LogP contribution in [0, 0.1) is 0 Å². The molecule has 0 radical (unpaired) electrons. The number of nitrogens with zero attached hydrogens (tertiary/aromatic N) is 3. The minimum absolute atomic E-state index is 0.0717. The van der Waals surface area contributed by atoms with E-state index in [1.807, 2.05) is 6.07 Å². The van der Waals surface area contributed by atoms with Crippen molar-refractivity contribution in [3.8, 4) is 0 Å². The van der Waals surface area contributed by atoms with Crippen molar-refractivity contribution in [3.05, 3.63) is 45.8 Å². The Morgan fingerprint density at radius 1 is 1.19 bits per heavy atom. The lowest BCUT2D eigenvalue weighted by Gasteiger charge is -2.30. The van der Waals surface area contributed by atoms with Gasteiger partial charge in [0.15, 0.2) is 11.6 Å². The summed E-state index contributed by atoms with van der Waals surface area (Å²) >= 11 is 3.21. The van der Waals surface area contributed by atoms with Crippen LogP contribution in [0.2, 0.25) is 0 Å². The Bertz CT molecular complexity index is 849. The summed E-state index contributed by atoms with van der Waals surface area (Å²) in [5, 5.41) is 0. The van der Waals surface area contributed by atoms with Crippen molar-refractivity contribution in [2.24, 2.45) is 5.73 Å². The maximum absolute atomic E-state index is 12.8. The number of nitrogens with two attached hydrogens (primary N) is 2. The molecule has 0 atom stereocenters. The van der Waals surface area contributed by atoms with Crippen molar-refractivity contribution in [1.82, 2.24) is 9.97 Å². The lowest BCUT2D eigenvalue weighted by atomic mass is 9.99. The quantitative estimate of drug-likeness (QED) is 0.721. The van der Waals surface area contributed by atoms with Crippen molar-refractivity contribution in [2.75, 3.05) is 23.7 Å². The molecule has 26 heavy (non-hydrogen) atoms. The molecule has 1 aromatic heterocycles. The molecular weight excluding hydrogens is 398 g/mol. The van der Waals surface area contributed by atoms with Gasteiger partial charge in [0.05, 0.1) is 6.20 Å². The molecule has 8 heteroatoms. The van der Waals surface area contributed by atoms with Crippen molar-refractivity contribution in [1.29, 1.82) is 0 Å². The lowest BCUT2D eigenvalue weighted by molar-refractivity contribution is 0.0981. The summed E-state index contributed by atoms with van der Waals surface area (Å²) in [5.41, 5.74) is 13.4. The standard InChI is InChI=1S/C18H20BrN5O2/c19-15-10-22-17(20)16(23-15)14(25)9-12-8-11(18(21)26)4-5-13(12)24-6-2-1-3-7-24/h4-5,8,10H,1-3,6-7,9H2,(H2,20,22)(H2,21,26). The average molecular weight is 418 g/mol. The number of benzene rings is 1. The first kappa shape index (κ1) is 18.3. The van der Waals surface area contributed by atoms with Gasteiger partial charge in [-0.3, -0.25) is 9.59 Å². The number of Topliss-reactive ketones (excluding diaryl/α,β-unsaturated/α-hetero) is 1. The van der Waals surface area contributed by atoms with E-state index in [0.717, 1.165) is 37.2 Å². The van der Waals surface area contributed by atoms with Gasteiger partial charge in [0.2, 0.25) is 5.91 Å². The number of carbonyl (C=O) groups is 2. The molecule has 0 bridgehead atoms. The molecule has 7 nitrogen and oxygen atoms in total. The lowest BCUT2D eigenvalue weighted by Crippen LogP contribution is -2.30. The second kappa shape index (κ2) is 7.82. The molecule has 1 fully saturated rings. The zero-order valence-corrected chi connectivity index (χ0v) is 15.8. The summed E-state index contributed by atoms with van der Waals surface area (Å²) < 4.78 is 0.442. The predicted molar refractivity (Wildman–Crippen MR) is 103 cm³/mol. The van der Waals surface area contributed by atoms with Crippen LogP contribution in [0.5, 0.6) is 0 Å². The minimum atomic E-state index is -0.523. The van der Waals surface area contributed by atoms with Crippen LogP contribution in [0.15, 0.2) is 29.0 Å². The number of rotatable bonds is 5. The molecule has 0 aliphatic carbocycles. The molecule has 0 saturated carbocycles. The van der Waals surface area contributed by atoms with E-state index in [1.165, 1.54) is 12.6 Å². The van der Waals surface area contributed by atoms with Gasteiger partial charge in [-0.05, 0) is 59.0 Å². The molecule has 0 spiro atoms. The SMILES string of the molecule is NC(=O)c1ccc(N2CCCCC2)c(CC(=O)c2nc(Br)cnc2N)c1. The monoisotopic (exact) mass is 417 g/mol. The van der Waals surface area contributed by atoms with Crippen LogP contribution in [0.3, 0.4) is 0 Å². The van der Waals surface area contributed by atoms with Gasteiger partial charge in [-0.2, -0.15) is 0 Å². The van der Waals surface area contributed by atoms with Gasteiger partial charge >= 0.3 is 0 Å². The zero-order valence-electron chi connectivity index (χ0n) is 14.2. The number of nitrogen functional groups attached to an aromatic ring is 1. The molecule has 2 heterocycles. The second-order valence-corrected chi connectivity index (χ2v) is 7.09. The van der Waals surface area contributed by atoms with E-state index < -0.39 is 5.91 Å². The van der Waals surface area contributed by atoms with E-state index in [-0.39, 0.29) is 23.7 Å². The van der Waals surface area contributed by atoms with Gasteiger partial charge in [-0.1, -0.05) is 0 Å². The molecule has 1 amide bonds. The third-order valence-corrected chi connectivity index (χ3v) is 4.83. The Morgan fingerprint density at radius 3 is 2.62 bits per heavy atom. The predicted octanol–water partition coefficient (Wildman–Crippen LogP) is 2.34. The number of carbonyl (C=O) groups excluding carboxylic acids is 2. The molecule has 136 valence electrons. The summed E-state index contributed by atoms with van der Waals surface area (Å²) in [4.78, 5) is 34.7. The van der Waals surface area contributed by atoms with Crippen LogP contribution in [-0.2, 0) is 6.42 Å². The highest BCUT2D eigenvalue weighted by atomic mass is 79.9. The Balaban J connectivity index is 1.95. The number of hydrogen-bond acceptors (Lipinski definition) is 6. The van der Waals surface area contributed by atoms with Crippen molar-refractivity contribution >= 4 is 39.1 Å². The van der Waals surface area contributed by atoms with E-state index >= 15 is 0 Å². The molecule has 0 unspecified atom stereocenters. The maximum atomic E-state index is 12.8. The van der Waals surface area contributed by atoms with Crippen molar-refractivity contribution in [3.63, 3.8) is 0 Å². The summed E-state index contributed by atoms with van der Waals surface area (Å²) in [6, 6.07) is 5.25. The Kier molecular flexibility index (Phi) is 5.51. The fraction of sp³-hybridized carbons (Fsp3) is 0.333. The highest BCUT2D eigenvalue weighted by Gasteiger charge is 2.20. The van der Waals surface area contributed by atoms with Crippen LogP contribution in [0.4, 0.5) is 11.5 Å². The molecular formula is C18H20BrN5O2. The maximum Gasteiger partial charge on any atom is 0.248 e. The van der Waals surface area contributed by atoms with Gasteiger partial charge < -0.3 is 16.4 Å². The fourth-order valence-electron chi connectivity index (χ4n) is 3.16. The summed E-state index contributed by atoms with van der Waals surface area (Å²) in [5.74, 6) is -0.689. The van der Waals surface area contributed by atoms with E-state index in [1.54, 1.807) is 12.1 Å². The molecule has 1 aliphatic heterocycles. The third-order valence-electron chi connectivity index (χ3n) is 4.45. The number of anilines is 2. The molecule has 3 rings (SSSR count). The Morgan fingerprint density at radius 2 is 1.92 bits per heavy atom. The van der Waals surface area contributed by atoms with E-state index in [0.29, 0.717) is 10.2 Å². The largest absolute Gasteiger partial charge is 0.382 e. The molecule has 1 aromatic carbocycles. The number of ketones is 1. The first-order chi connectivity index (χ1) is 12.5. The Hall–Kier alpha value is -2.48. The van der Waals surface area contributed by atoms with E-state index in [4.69, 9.17) is 11.5 Å². The van der Waals surface area contributed by atoms with Crippen molar-refractivity contribution < 1.29 is 9.59 Å². The Labute approximate surface area is 159 Å². The summed E-state index contributed by atoms with van der Waals surface area (Å²) in [7, 11) is 0. The van der Waals surface area contributed by atoms with Crippen LogP contribution >= 0.6 is 15.9 Å². The van der Waals surface area contributed by atoms with Gasteiger partial charge in [-0.25, -0.2) is 9.97 Å². The molecule has 4 N–H and O–H groups in total. The highest BCUT2D eigenvalue weighted by Crippen LogP contribution is 2.27. The van der Waals surface area contributed by atoms with Gasteiger partial charge in [0, 0.05) is 30.8 Å². The van der Waals surface area contributed by atoms with Crippen molar-refractivity contribution in [2.45, 2.75) is 25.7 Å². The van der Waals surface area contributed by atoms with Gasteiger partial charge in [0.25, 0.3) is 0 Å². The summed E-state index contributed by atoms with van der Waals surface area (Å²) in [6.45, 7) is 1.85.